The van der Waals surface area contributed by atoms with Crippen molar-refractivity contribution >= 4 is 0 Å². The van der Waals surface area contributed by atoms with E-state index in [1.807, 2.05) is 0 Å². The van der Waals surface area contributed by atoms with Gasteiger partial charge in [-0.1, -0.05) is 0 Å². The number of fused-ring (bicyclic) bond motifs is 2. The van der Waals surface area contributed by atoms with E-state index in [1.165, 1.54) is 0 Å². The lowest BCUT2D eigenvalue weighted by molar-refractivity contribution is -0.0247. The van der Waals surface area contributed by atoms with Crippen molar-refractivity contribution in [3.8, 4) is 0 Å². The Kier molecular flexibility index (Phi) is 3.78. The Morgan fingerprint density at radius 3 is 2.40 bits per heavy atom. The molecule has 2 bridgehead atoms. The fourth-order valence-electron chi connectivity index (χ4n) is 5.25. The normalized spacial score (nSPS) is 43.5. The van der Waals surface area contributed by atoms with Gasteiger partial charge in [0.2, 0.25) is 0 Å². The Morgan fingerprint density at radius 2 is 1.85 bits per heavy atom. The van der Waals surface area contributed by atoms with Crippen LogP contribution in [-0.4, -0.2) is 55.8 Å². The number of aliphatic hydroxyl groups excluding tert-OH is 1. The molecule has 20 heavy (non-hydrogen) atoms. The summed E-state index contributed by atoms with van der Waals surface area (Å²) in [5, 5.41) is 9.59. The summed E-state index contributed by atoms with van der Waals surface area (Å²) in [5.74, 6) is 0.0221. The molecule has 1 aliphatic heterocycles. The summed E-state index contributed by atoms with van der Waals surface area (Å²) >= 11 is 0. The van der Waals surface area contributed by atoms with Gasteiger partial charge in [0, 0.05) is 30.5 Å². The zero-order valence-corrected chi connectivity index (χ0v) is 11.8. The Morgan fingerprint density at radius 1 is 1.10 bits per heavy atom. The quantitative estimate of drug-likeness (QED) is 0.840. The van der Waals surface area contributed by atoms with Crippen LogP contribution in [0.5, 0.6) is 0 Å². The predicted octanol–water partition coefficient (Wildman–Crippen LogP) is 2.36. The lowest BCUT2D eigenvalue weighted by Crippen LogP contribution is -2.47. The maximum Gasteiger partial charge on any atom is 0.0984 e. The van der Waals surface area contributed by atoms with Gasteiger partial charge in [-0.25, -0.2) is 0 Å². The molecule has 3 fully saturated rings. The van der Waals surface area contributed by atoms with Gasteiger partial charge in [-0.3, -0.25) is 13.2 Å². The van der Waals surface area contributed by atoms with Crippen LogP contribution in [0.3, 0.4) is 0 Å². The molecule has 0 amide bonds. The second kappa shape index (κ2) is 5.16. The molecule has 116 valence electrons. The van der Waals surface area contributed by atoms with Gasteiger partial charge in [-0.2, -0.15) is 0 Å². The standard InChI is InChI=1S/C15H24F3NO/c16-8-14-3-1-11(15(14,9-17)10-18)5-12(14)6-19-4-2-13(20)7-19/h11-13,20H,1-10H2. The Balaban J connectivity index is 1.80. The van der Waals surface area contributed by atoms with E-state index in [9.17, 15) is 18.3 Å². The third-order valence-corrected chi connectivity index (χ3v) is 6.50. The Bertz CT molecular complexity index is 363. The monoisotopic (exact) mass is 291 g/mol. The van der Waals surface area contributed by atoms with Gasteiger partial charge in [0.05, 0.1) is 26.1 Å². The van der Waals surface area contributed by atoms with Crippen LogP contribution < -0.4 is 0 Å². The third-order valence-electron chi connectivity index (χ3n) is 6.50. The molecule has 3 aliphatic rings. The lowest BCUT2D eigenvalue weighted by atomic mass is 9.65. The molecule has 0 radical (unpaired) electrons. The second-order valence-corrected chi connectivity index (χ2v) is 7.08. The highest BCUT2D eigenvalue weighted by Gasteiger charge is 2.68. The summed E-state index contributed by atoms with van der Waals surface area (Å²) in [4.78, 5) is 2.13. The molecular formula is C15H24F3NO. The first kappa shape index (κ1) is 14.6. The molecule has 4 unspecified atom stereocenters. The van der Waals surface area contributed by atoms with Crippen LogP contribution in [0.1, 0.15) is 25.7 Å². The van der Waals surface area contributed by atoms with Crippen LogP contribution in [0.2, 0.25) is 0 Å². The predicted molar refractivity (Wildman–Crippen MR) is 70.7 cm³/mol. The maximum atomic E-state index is 13.8. The van der Waals surface area contributed by atoms with Gasteiger partial charge < -0.3 is 10.0 Å². The molecule has 2 nitrogen and oxygen atoms in total. The van der Waals surface area contributed by atoms with Gasteiger partial charge in [0.15, 0.2) is 0 Å². The largest absolute Gasteiger partial charge is 0.392 e. The molecule has 3 rings (SSSR count). The smallest absolute Gasteiger partial charge is 0.0984 e. The molecule has 0 aromatic carbocycles. The van der Waals surface area contributed by atoms with Crippen LogP contribution >= 0.6 is 0 Å². The van der Waals surface area contributed by atoms with Gasteiger partial charge in [-0.05, 0) is 37.5 Å². The number of halogens is 3. The number of hydrogen-bond donors (Lipinski definition) is 1. The van der Waals surface area contributed by atoms with E-state index in [1.54, 1.807) is 0 Å². The number of aliphatic hydroxyl groups is 1. The molecule has 1 saturated heterocycles. The maximum absolute atomic E-state index is 13.8. The van der Waals surface area contributed by atoms with E-state index >= 15 is 0 Å². The molecule has 5 heteroatoms. The van der Waals surface area contributed by atoms with Gasteiger partial charge in [-0.15, -0.1) is 0 Å². The van der Waals surface area contributed by atoms with Gasteiger partial charge in [0.1, 0.15) is 0 Å². The van der Waals surface area contributed by atoms with Crippen molar-refractivity contribution in [1.82, 2.24) is 4.90 Å². The van der Waals surface area contributed by atoms with Gasteiger partial charge in [0.25, 0.3) is 0 Å². The number of likely N-dealkylation sites (tertiary alicyclic amines) is 1. The summed E-state index contributed by atoms with van der Waals surface area (Å²) in [6, 6.07) is 0. The molecule has 4 atom stereocenters. The van der Waals surface area contributed by atoms with Crippen molar-refractivity contribution in [3.63, 3.8) is 0 Å². The van der Waals surface area contributed by atoms with E-state index in [2.05, 4.69) is 4.90 Å². The van der Waals surface area contributed by atoms with Gasteiger partial charge >= 0.3 is 0 Å². The molecule has 2 aliphatic carbocycles. The van der Waals surface area contributed by atoms with E-state index in [4.69, 9.17) is 0 Å². The molecule has 0 aromatic rings. The van der Waals surface area contributed by atoms with Crippen molar-refractivity contribution in [1.29, 1.82) is 0 Å². The fourth-order valence-corrected chi connectivity index (χ4v) is 5.25. The fraction of sp³-hybridized carbons (Fsp3) is 1.00. The Labute approximate surface area is 118 Å². The average molecular weight is 291 g/mol. The molecular weight excluding hydrogens is 267 g/mol. The number of β-amino-alcohol motifs (C(OH)–C–C–N with tert-alkyl or cyclic N) is 1. The Hall–Kier alpha value is -0.290. The van der Waals surface area contributed by atoms with Crippen molar-refractivity contribution in [2.75, 3.05) is 39.7 Å². The van der Waals surface area contributed by atoms with E-state index < -0.39 is 30.9 Å². The summed E-state index contributed by atoms with van der Waals surface area (Å²) in [7, 11) is 0. The summed E-state index contributed by atoms with van der Waals surface area (Å²) in [6.07, 6.45) is 2.56. The van der Waals surface area contributed by atoms with E-state index in [0.29, 0.717) is 19.5 Å². The average Bonchev–Trinajstić information content (AvgIpc) is 3.08. The highest BCUT2D eigenvalue weighted by molar-refractivity contribution is 5.16. The van der Waals surface area contributed by atoms with Crippen molar-refractivity contribution in [2.24, 2.45) is 22.7 Å². The number of alkyl halides is 3. The zero-order chi connectivity index (χ0) is 14.4. The van der Waals surface area contributed by atoms with E-state index in [-0.39, 0.29) is 17.9 Å². The van der Waals surface area contributed by atoms with Crippen LogP contribution in [0.15, 0.2) is 0 Å². The third kappa shape index (κ3) is 1.78. The number of nitrogens with zero attached hydrogens (tertiary/aromatic N) is 1. The SMILES string of the molecule is OC1CCN(CC2CC3CCC2(CF)C3(CF)CF)C1. The summed E-state index contributed by atoms with van der Waals surface area (Å²) in [6.45, 7) is 0.0107. The summed E-state index contributed by atoms with van der Waals surface area (Å²) in [5.41, 5.74) is -1.89. The molecule has 2 saturated carbocycles. The minimum atomic E-state index is -1.08. The van der Waals surface area contributed by atoms with Crippen molar-refractivity contribution in [2.45, 2.75) is 31.8 Å². The first-order valence-electron chi connectivity index (χ1n) is 7.70. The highest BCUT2D eigenvalue weighted by atomic mass is 19.1. The van der Waals surface area contributed by atoms with Crippen molar-refractivity contribution < 1.29 is 18.3 Å². The molecule has 1 heterocycles. The van der Waals surface area contributed by atoms with Crippen LogP contribution in [0.25, 0.3) is 0 Å². The number of rotatable bonds is 5. The zero-order valence-electron chi connectivity index (χ0n) is 11.8. The number of hydrogen-bond acceptors (Lipinski definition) is 2. The lowest BCUT2D eigenvalue weighted by Gasteiger charge is -2.42. The molecule has 0 spiro atoms. The second-order valence-electron chi connectivity index (χ2n) is 7.08. The molecule has 1 N–H and O–H groups in total. The minimum Gasteiger partial charge on any atom is -0.392 e. The first-order valence-corrected chi connectivity index (χ1v) is 7.70. The summed E-state index contributed by atoms with van der Waals surface area (Å²) < 4.78 is 41.1. The van der Waals surface area contributed by atoms with E-state index in [0.717, 1.165) is 25.8 Å². The van der Waals surface area contributed by atoms with Crippen LogP contribution in [0.4, 0.5) is 13.2 Å². The molecule has 0 aromatic heterocycles. The topological polar surface area (TPSA) is 23.5 Å². The van der Waals surface area contributed by atoms with Crippen LogP contribution in [-0.2, 0) is 0 Å². The minimum absolute atomic E-state index is 0.00854. The van der Waals surface area contributed by atoms with Crippen molar-refractivity contribution in [3.05, 3.63) is 0 Å². The first-order chi connectivity index (χ1) is 9.61. The van der Waals surface area contributed by atoms with Crippen LogP contribution in [0, 0.1) is 22.7 Å². The highest BCUT2D eigenvalue weighted by Crippen LogP contribution is 2.69.